The Labute approximate surface area is 158 Å². The van der Waals surface area contributed by atoms with Crippen LogP contribution in [0.5, 0.6) is 0 Å². The molecule has 0 spiro atoms. The molecule has 0 radical (unpaired) electrons. The first-order chi connectivity index (χ1) is 12.4. The van der Waals surface area contributed by atoms with Gasteiger partial charge in [-0.1, -0.05) is 15.9 Å². The second-order valence-electron chi connectivity index (χ2n) is 5.91. The number of benzene rings is 1. The minimum absolute atomic E-state index is 0.120. The molecule has 1 aromatic heterocycles. The predicted octanol–water partition coefficient (Wildman–Crippen LogP) is 1.12. The molecule has 0 atom stereocenters. The van der Waals surface area contributed by atoms with Crippen molar-refractivity contribution in [2.75, 3.05) is 13.1 Å². The first-order valence-electron chi connectivity index (χ1n) is 7.98. The Bertz CT molecular complexity index is 930. The summed E-state index contributed by atoms with van der Waals surface area (Å²) in [6, 6.07) is 8.95. The molecule has 1 saturated heterocycles. The van der Waals surface area contributed by atoms with E-state index in [9.17, 15) is 18.0 Å². The number of aromatic nitrogens is 2. The molecule has 1 fully saturated rings. The highest BCUT2D eigenvalue weighted by Crippen LogP contribution is 2.22. The number of hydrogen-bond donors (Lipinski definition) is 2. The SMILES string of the molecule is O=C(NC1CCN(S(=O)(=O)c2ccc(Br)cc2)CC1)c1ccc(=O)[nH]n1. The first kappa shape index (κ1) is 18.7. The number of piperidine rings is 1. The minimum atomic E-state index is -3.54. The maximum atomic E-state index is 12.7. The van der Waals surface area contributed by atoms with E-state index in [4.69, 9.17) is 0 Å². The smallest absolute Gasteiger partial charge is 0.271 e. The normalized spacial score (nSPS) is 16.3. The van der Waals surface area contributed by atoms with Gasteiger partial charge >= 0.3 is 0 Å². The fourth-order valence-electron chi connectivity index (χ4n) is 2.73. The second kappa shape index (κ2) is 7.68. The lowest BCUT2D eigenvalue weighted by molar-refractivity contribution is 0.0917. The van der Waals surface area contributed by atoms with E-state index < -0.39 is 15.9 Å². The fourth-order valence-corrected chi connectivity index (χ4v) is 4.46. The highest BCUT2D eigenvalue weighted by Gasteiger charge is 2.30. The highest BCUT2D eigenvalue weighted by molar-refractivity contribution is 9.10. The van der Waals surface area contributed by atoms with Gasteiger partial charge in [-0.3, -0.25) is 9.59 Å². The third-order valence-electron chi connectivity index (χ3n) is 4.15. The Morgan fingerprint density at radius 3 is 2.38 bits per heavy atom. The Morgan fingerprint density at radius 1 is 1.15 bits per heavy atom. The molecule has 1 amide bonds. The summed E-state index contributed by atoms with van der Waals surface area (Å²) in [5.41, 5.74) is -0.262. The third kappa shape index (κ3) is 4.19. The van der Waals surface area contributed by atoms with Gasteiger partial charge in [0.25, 0.3) is 11.5 Å². The van der Waals surface area contributed by atoms with Crippen LogP contribution in [-0.2, 0) is 10.0 Å². The molecule has 138 valence electrons. The molecule has 26 heavy (non-hydrogen) atoms. The van der Waals surface area contributed by atoms with Crippen molar-refractivity contribution in [2.24, 2.45) is 0 Å². The van der Waals surface area contributed by atoms with E-state index >= 15 is 0 Å². The van der Waals surface area contributed by atoms with Crippen molar-refractivity contribution in [1.29, 1.82) is 0 Å². The fraction of sp³-hybridized carbons (Fsp3) is 0.312. The van der Waals surface area contributed by atoms with Crippen LogP contribution in [0.4, 0.5) is 0 Å². The van der Waals surface area contributed by atoms with Crippen LogP contribution in [0.2, 0.25) is 0 Å². The van der Waals surface area contributed by atoms with Crippen molar-refractivity contribution in [2.45, 2.75) is 23.8 Å². The number of rotatable bonds is 4. The van der Waals surface area contributed by atoms with Crippen molar-refractivity contribution < 1.29 is 13.2 Å². The monoisotopic (exact) mass is 440 g/mol. The van der Waals surface area contributed by atoms with Crippen LogP contribution in [0.1, 0.15) is 23.3 Å². The zero-order valence-electron chi connectivity index (χ0n) is 13.7. The Kier molecular flexibility index (Phi) is 5.54. The van der Waals surface area contributed by atoms with E-state index in [0.717, 1.165) is 4.47 Å². The summed E-state index contributed by atoms with van der Waals surface area (Å²) in [5, 5.41) is 8.72. The van der Waals surface area contributed by atoms with Crippen LogP contribution in [0, 0.1) is 0 Å². The summed E-state index contributed by atoms with van der Waals surface area (Å²) < 4.78 is 27.6. The van der Waals surface area contributed by atoms with Crippen LogP contribution >= 0.6 is 15.9 Å². The molecule has 3 rings (SSSR count). The lowest BCUT2D eigenvalue weighted by Gasteiger charge is -2.31. The molecule has 2 N–H and O–H groups in total. The lowest BCUT2D eigenvalue weighted by Crippen LogP contribution is -2.46. The van der Waals surface area contributed by atoms with E-state index in [1.165, 1.54) is 16.4 Å². The molecular formula is C16H17BrN4O4S. The topological polar surface area (TPSA) is 112 Å². The molecule has 0 aliphatic carbocycles. The maximum absolute atomic E-state index is 12.7. The summed E-state index contributed by atoms with van der Waals surface area (Å²) >= 11 is 3.29. The summed E-state index contributed by atoms with van der Waals surface area (Å²) in [7, 11) is -3.54. The number of sulfonamides is 1. The van der Waals surface area contributed by atoms with Crippen molar-refractivity contribution in [3.63, 3.8) is 0 Å². The van der Waals surface area contributed by atoms with Gasteiger partial charge in [-0.15, -0.1) is 0 Å². The van der Waals surface area contributed by atoms with Crippen molar-refractivity contribution in [1.82, 2.24) is 19.8 Å². The number of nitrogens with zero attached hydrogens (tertiary/aromatic N) is 2. The van der Waals surface area contributed by atoms with Gasteiger partial charge in [0.2, 0.25) is 10.0 Å². The zero-order chi connectivity index (χ0) is 18.7. The average molecular weight is 441 g/mol. The maximum Gasteiger partial charge on any atom is 0.271 e. The number of carbonyl (C=O) groups is 1. The predicted molar refractivity (Wildman–Crippen MR) is 98.2 cm³/mol. The zero-order valence-corrected chi connectivity index (χ0v) is 16.1. The number of nitrogens with one attached hydrogen (secondary N) is 2. The molecule has 1 aliphatic rings. The van der Waals surface area contributed by atoms with Crippen LogP contribution in [0.15, 0.2) is 50.6 Å². The summed E-state index contributed by atoms with van der Waals surface area (Å²) in [4.78, 5) is 23.4. The van der Waals surface area contributed by atoms with Gasteiger partial charge in [0, 0.05) is 29.7 Å². The van der Waals surface area contributed by atoms with Gasteiger partial charge < -0.3 is 5.32 Å². The van der Waals surface area contributed by atoms with Crippen LogP contribution in [0.25, 0.3) is 0 Å². The highest BCUT2D eigenvalue weighted by atomic mass is 79.9. The molecule has 8 nitrogen and oxygen atoms in total. The quantitative estimate of drug-likeness (QED) is 0.739. The first-order valence-corrected chi connectivity index (χ1v) is 10.2. The molecule has 0 unspecified atom stereocenters. The average Bonchev–Trinajstić information content (AvgIpc) is 2.63. The molecule has 1 aliphatic heterocycles. The van der Waals surface area contributed by atoms with Crippen LogP contribution < -0.4 is 10.9 Å². The number of hydrogen-bond acceptors (Lipinski definition) is 5. The molecule has 0 saturated carbocycles. The lowest BCUT2D eigenvalue weighted by atomic mass is 10.1. The van der Waals surface area contributed by atoms with Gasteiger partial charge in [0.1, 0.15) is 5.69 Å². The number of H-pyrrole nitrogens is 1. The summed E-state index contributed by atoms with van der Waals surface area (Å²) in [6.45, 7) is 0.644. The van der Waals surface area contributed by atoms with Gasteiger partial charge in [-0.25, -0.2) is 13.5 Å². The second-order valence-corrected chi connectivity index (χ2v) is 8.77. The standard InChI is InChI=1S/C16H17BrN4O4S/c17-11-1-3-13(4-2-11)26(24,25)21-9-7-12(8-10-21)18-16(23)14-5-6-15(22)20-19-14/h1-6,12H,7-10H2,(H,18,23)(H,20,22). The van der Waals surface area contributed by atoms with Gasteiger partial charge in [0.05, 0.1) is 4.90 Å². The van der Waals surface area contributed by atoms with Crippen LogP contribution in [0.3, 0.4) is 0 Å². The molecule has 2 aromatic rings. The van der Waals surface area contributed by atoms with Crippen molar-refractivity contribution in [3.05, 3.63) is 56.9 Å². The van der Waals surface area contributed by atoms with Gasteiger partial charge in [-0.2, -0.15) is 9.40 Å². The number of carbonyl (C=O) groups excluding carboxylic acids is 1. The molecule has 0 bridgehead atoms. The van der Waals surface area contributed by atoms with Gasteiger partial charge in [-0.05, 0) is 43.2 Å². The van der Waals surface area contributed by atoms with E-state index in [-0.39, 0.29) is 22.2 Å². The Hall–Kier alpha value is -2.04. The largest absolute Gasteiger partial charge is 0.348 e. The number of amides is 1. The minimum Gasteiger partial charge on any atom is -0.348 e. The third-order valence-corrected chi connectivity index (χ3v) is 6.59. The van der Waals surface area contributed by atoms with E-state index in [2.05, 4.69) is 31.4 Å². The van der Waals surface area contributed by atoms with Crippen molar-refractivity contribution in [3.8, 4) is 0 Å². The molecule has 1 aromatic carbocycles. The van der Waals surface area contributed by atoms with Crippen LogP contribution in [-0.4, -0.2) is 48.0 Å². The van der Waals surface area contributed by atoms with E-state index in [1.807, 2.05) is 0 Å². The molecular weight excluding hydrogens is 424 g/mol. The Morgan fingerprint density at radius 2 is 1.81 bits per heavy atom. The Balaban J connectivity index is 1.60. The summed E-state index contributed by atoms with van der Waals surface area (Å²) in [6.07, 6.45) is 1.01. The molecule has 2 heterocycles. The summed E-state index contributed by atoms with van der Waals surface area (Å²) in [5.74, 6) is -0.393. The number of aromatic amines is 1. The van der Waals surface area contributed by atoms with Gasteiger partial charge in [0.15, 0.2) is 0 Å². The van der Waals surface area contributed by atoms with Crippen molar-refractivity contribution >= 4 is 31.9 Å². The van der Waals surface area contributed by atoms with E-state index in [0.29, 0.717) is 25.9 Å². The van der Waals surface area contributed by atoms with E-state index in [1.54, 1.807) is 24.3 Å². The number of halogens is 1. The molecule has 10 heteroatoms.